The Hall–Kier alpha value is -0.670. The lowest BCUT2D eigenvalue weighted by Gasteiger charge is -2.31. The van der Waals surface area contributed by atoms with E-state index in [1.165, 1.54) is 18.4 Å². The average molecular weight is 293 g/mol. The molecule has 1 aliphatic rings. The molecule has 0 aromatic heterocycles. The first kappa shape index (κ1) is 15.7. The van der Waals surface area contributed by atoms with Gasteiger partial charge in [0.25, 0.3) is 0 Å². The molecular weight excluding hydrogens is 266 g/mol. The van der Waals surface area contributed by atoms with E-state index in [-0.39, 0.29) is 11.3 Å². The predicted octanol–water partition coefficient (Wildman–Crippen LogP) is 3.66. The summed E-state index contributed by atoms with van der Waals surface area (Å²) in [5, 5.41) is 3.89. The van der Waals surface area contributed by atoms with Crippen molar-refractivity contribution >= 4 is 10.8 Å². The summed E-state index contributed by atoms with van der Waals surface area (Å²) in [5.74, 6) is 0.731. The molecule has 0 saturated heterocycles. The third kappa shape index (κ3) is 3.70. The number of hydrogen-bond donors (Lipinski definition) is 1. The minimum Gasteiger partial charge on any atom is -0.312 e. The zero-order chi connectivity index (χ0) is 14.5. The smallest absolute Gasteiger partial charge is 0.0517 e. The summed E-state index contributed by atoms with van der Waals surface area (Å²) in [6.45, 7) is 4.42. The lowest BCUT2D eigenvalue weighted by Crippen LogP contribution is -2.36. The van der Waals surface area contributed by atoms with Gasteiger partial charge in [0, 0.05) is 22.1 Å². The summed E-state index contributed by atoms with van der Waals surface area (Å²) in [5.41, 5.74) is 1.24. The van der Waals surface area contributed by atoms with Crippen molar-refractivity contribution in [1.82, 2.24) is 5.32 Å². The van der Waals surface area contributed by atoms with E-state index < -0.39 is 10.8 Å². The number of benzene rings is 1. The molecular formula is C17H27NOS. The lowest BCUT2D eigenvalue weighted by molar-refractivity contribution is 0.387. The standard InChI is InChI=1S/C17H27NOS/c1-13-8-7-11-16(12-13)20(19)14(2)17(18-3)15-9-5-4-6-10-15/h4-6,9-10,13-14,16-18H,7-8,11-12H2,1-3H3. The van der Waals surface area contributed by atoms with Gasteiger partial charge in [-0.1, -0.05) is 50.1 Å². The van der Waals surface area contributed by atoms with E-state index in [0.29, 0.717) is 5.25 Å². The van der Waals surface area contributed by atoms with Gasteiger partial charge in [-0.05, 0) is 38.3 Å². The second-order valence-corrected chi connectivity index (χ2v) is 8.17. The maximum Gasteiger partial charge on any atom is 0.0517 e. The Labute approximate surface area is 125 Å². The molecule has 0 radical (unpaired) electrons. The molecule has 112 valence electrons. The van der Waals surface area contributed by atoms with Crippen LogP contribution in [0.25, 0.3) is 0 Å². The van der Waals surface area contributed by atoms with Crippen LogP contribution in [0, 0.1) is 5.92 Å². The van der Waals surface area contributed by atoms with Crippen molar-refractivity contribution < 1.29 is 4.21 Å². The highest BCUT2D eigenvalue weighted by Crippen LogP contribution is 2.31. The van der Waals surface area contributed by atoms with Gasteiger partial charge >= 0.3 is 0 Å². The molecule has 5 unspecified atom stereocenters. The topological polar surface area (TPSA) is 29.1 Å². The summed E-state index contributed by atoms with van der Waals surface area (Å²) >= 11 is 0. The van der Waals surface area contributed by atoms with E-state index in [0.717, 1.165) is 18.8 Å². The van der Waals surface area contributed by atoms with Crippen LogP contribution < -0.4 is 5.32 Å². The SMILES string of the molecule is CNC(c1ccccc1)C(C)S(=O)C1CCCC(C)C1. The van der Waals surface area contributed by atoms with E-state index in [9.17, 15) is 4.21 Å². The van der Waals surface area contributed by atoms with Crippen molar-refractivity contribution in [2.45, 2.75) is 56.1 Å². The van der Waals surface area contributed by atoms with Crippen molar-refractivity contribution in [3.05, 3.63) is 35.9 Å². The van der Waals surface area contributed by atoms with Gasteiger partial charge in [-0.2, -0.15) is 0 Å². The third-order valence-corrected chi connectivity index (χ3v) is 6.61. The Bertz CT molecular complexity index is 434. The molecule has 3 heteroatoms. The van der Waals surface area contributed by atoms with Crippen molar-refractivity contribution in [1.29, 1.82) is 0 Å². The molecule has 0 heterocycles. The molecule has 1 saturated carbocycles. The maximum atomic E-state index is 12.9. The van der Waals surface area contributed by atoms with Crippen LogP contribution in [0.2, 0.25) is 0 Å². The van der Waals surface area contributed by atoms with Gasteiger partial charge < -0.3 is 5.32 Å². The van der Waals surface area contributed by atoms with Gasteiger partial charge in [0.15, 0.2) is 0 Å². The number of rotatable bonds is 5. The van der Waals surface area contributed by atoms with Gasteiger partial charge in [-0.3, -0.25) is 4.21 Å². The second-order valence-electron chi connectivity index (χ2n) is 6.10. The first-order valence-corrected chi connectivity index (χ1v) is 9.02. The van der Waals surface area contributed by atoms with Crippen LogP contribution in [0.4, 0.5) is 0 Å². The molecule has 0 bridgehead atoms. The van der Waals surface area contributed by atoms with E-state index in [1.54, 1.807) is 0 Å². The van der Waals surface area contributed by atoms with Crippen LogP contribution in [0.5, 0.6) is 0 Å². The number of nitrogens with one attached hydrogen (secondary N) is 1. The van der Waals surface area contributed by atoms with Crippen molar-refractivity contribution in [2.75, 3.05) is 7.05 Å². The van der Waals surface area contributed by atoms with Crippen molar-refractivity contribution in [3.8, 4) is 0 Å². The van der Waals surface area contributed by atoms with E-state index in [2.05, 4.69) is 43.4 Å². The predicted molar refractivity (Wildman–Crippen MR) is 87.3 cm³/mol. The molecule has 1 N–H and O–H groups in total. The van der Waals surface area contributed by atoms with Gasteiger partial charge in [0.2, 0.25) is 0 Å². The minimum absolute atomic E-state index is 0.151. The van der Waals surface area contributed by atoms with Gasteiger partial charge in [-0.15, -0.1) is 0 Å². The molecule has 1 fully saturated rings. The summed E-state index contributed by atoms with van der Waals surface area (Å²) in [6.07, 6.45) is 4.80. The van der Waals surface area contributed by atoms with Crippen LogP contribution >= 0.6 is 0 Å². The molecule has 1 aliphatic carbocycles. The van der Waals surface area contributed by atoms with Gasteiger partial charge in [-0.25, -0.2) is 0 Å². The minimum atomic E-state index is -0.765. The first-order chi connectivity index (χ1) is 9.63. The quantitative estimate of drug-likeness (QED) is 0.897. The highest BCUT2D eigenvalue weighted by Gasteiger charge is 2.31. The maximum absolute atomic E-state index is 12.9. The summed E-state index contributed by atoms with van der Waals surface area (Å²) in [6, 6.07) is 10.6. The van der Waals surface area contributed by atoms with Crippen LogP contribution in [0.1, 0.15) is 51.1 Å². The molecule has 1 aromatic rings. The Morgan fingerprint density at radius 3 is 2.55 bits per heavy atom. The molecule has 0 aliphatic heterocycles. The van der Waals surface area contributed by atoms with E-state index in [1.807, 2.05) is 13.1 Å². The second kappa shape index (κ2) is 7.37. The van der Waals surface area contributed by atoms with Crippen LogP contribution in [-0.4, -0.2) is 21.8 Å². The normalized spacial score (nSPS) is 27.8. The van der Waals surface area contributed by atoms with E-state index >= 15 is 0 Å². The van der Waals surface area contributed by atoms with Crippen LogP contribution in [0.3, 0.4) is 0 Å². The van der Waals surface area contributed by atoms with Crippen LogP contribution in [-0.2, 0) is 10.8 Å². The van der Waals surface area contributed by atoms with Gasteiger partial charge in [0.1, 0.15) is 0 Å². The highest BCUT2D eigenvalue weighted by atomic mass is 32.2. The Morgan fingerprint density at radius 1 is 1.25 bits per heavy atom. The Kier molecular flexibility index (Phi) is 5.79. The van der Waals surface area contributed by atoms with Crippen molar-refractivity contribution in [2.24, 2.45) is 5.92 Å². The fourth-order valence-corrected chi connectivity index (χ4v) is 5.45. The molecule has 20 heavy (non-hydrogen) atoms. The van der Waals surface area contributed by atoms with Crippen LogP contribution in [0.15, 0.2) is 30.3 Å². The highest BCUT2D eigenvalue weighted by molar-refractivity contribution is 7.86. The molecule has 5 atom stereocenters. The van der Waals surface area contributed by atoms with E-state index in [4.69, 9.17) is 0 Å². The zero-order valence-corrected chi connectivity index (χ0v) is 13.7. The Balaban J connectivity index is 2.08. The molecule has 1 aromatic carbocycles. The third-order valence-electron chi connectivity index (χ3n) is 4.52. The van der Waals surface area contributed by atoms with Gasteiger partial charge in [0.05, 0.1) is 5.25 Å². The lowest BCUT2D eigenvalue weighted by atomic mass is 9.90. The fraction of sp³-hybridized carbons (Fsp3) is 0.647. The zero-order valence-electron chi connectivity index (χ0n) is 12.8. The average Bonchev–Trinajstić information content (AvgIpc) is 2.48. The molecule has 2 nitrogen and oxygen atoms in total. The molecule has 0 spiro atoms. The summed E-state index contributed by atoms with van der Waals surface area (Å²) in [4.78, 5) is 0. The molecule has 0 amide bonds. The largest absolute Gasteiger partial charge is 0.312 e. The Morgan fingerprint density at radius 2 is 1.95 bits per heavy atom. The first-order valence-electron chi connectivity index (χ1n) is 7.75. The number of hydrogen-bond acceptors (Lipinski definition) is 2. The monoisotopic (exact) mass is 293 g/mol. The van der Waals surface area contributed by atoms with Crippen molar-refractivity contribution in [3.63, 3.8) is 0 Å². The summed E-state index contributed by atoms with van der Waals surface area (Å²) < 4.78 is 12.9. The summed E-state index contributed by atoms with van der Waals surface area (Å²) in [7, 11) is 1.20. The molecule has 2 rings (SSSR count). The fourth-order valence-electron chi connectivity index (χ4n) is 3.36.